The molecule has 41 heavy (non-hydrogen) atoms. The Hall–Kier alpha value is -2.20. The topological polar surface area (TPSA) is 118 Å². The molecule has 10 nitrogen and oxygen atoms in total. The van der Waals surface area contributed by atoms with Gasteiger partial charge in [-0.05, 0) is 120 Å². The zero-order chi connectivity index (χ0) is 31.6. The lowest BCUT2D eigenvalue weighted by atomic mass is 9.82. The summed E-state index contributed by atoms with van der Waals surface area (Å²) in [5.74, 6) is -4.90. The van der Waals surface area contributed by atoms with Crippen molar-refractivity contribution in [3.8, 4) is 0 Å². The summed E-state index contributed by atoms with van der Waals surface area (Å²) in [6.45, 7) is 19.1. The molecule has 236 valence electrons. The zero-order valence-corrected chi connectivity index (χ0v) is 27.3. The maximum atomic E-state index is 13.4. The summed E-state index contributed by atoms with van der Waals surface area (Å²) in [7, 11) is 2.46. The highest BCUT2D eigenvalue weighted by molar-refractivity contribution is 6.00. The first-order chi connectivity index (χ1) is 18.6. The van der Waals surface area contributed by atoms with Crippen molar-refractivity contribution in [1.82, 2.24) is 5.06 Å². The molecular weight excluding hydrogens is 530 g/mol. The normalized spacial score (nSPS) is 24.0. The summed E-state index contributed by atoms with van der Waals surface area (Å²) in [6, 6.07) is 0. The largest absolute Gasteiger partial charge is 0.468 e. The molecule has 0 unspecified atom stereocenters. The molecule has 10 heteroatoms. The van der Waals surface area contributed by atoms with Crippen molar-refractivity contribution in [2.24, 2.45) is 23.2 Å². The molecule has 2 rings (SSSR count). The van der Waals surface area contributed by atoms with Crippen molar-refractivity contribution in [2.75, 3.05) is 20.8 Å². The number of hydroxylamine groups is 2. The molecule has 1 saturated carbocycles. The van der Waals surface area contributed by atoms with Crippen LogP contribution >= 0.6 is 0 Å². The monoisotopic (exact) mass is 583 g/mol. The molecule has 0 aromatic carbocycles. The number of methoxy groups -OCH3 is 2. The van der Waals surface area contributed by atoms with E-state index < -0.39 is 52.3 Å². The van der Waals surface area contributed by atoms with Crippen molar-refractivity contribution in [3.05, 3.63) is 0 Å². The second-order valence-corrected chi connectivity index (χ2v) is 14.9. The number of carbonyl (C=O) groups excluding carboxylic acids is 4. The van der Waals surface area contributed by atoms with Crippen molar-refractivity contribution in [3.63, 3.8) is 0 Å². The predicted octanol–water partition coefficient (Wildman–Crippen LogP) is 5.01. The first kappa shape index (κ1) is 35.0. The van der Waals surface area contributed by atoms with E-state index in [1.165, 1.54) is 14.2 Å². The van der Waals surface area contributed by atoms with Crippen molar-refractivity contribution < 1.29 is 43.0 Å². The Balaban J connectivity index is 2.49. The minimum Gasteiger partial charge on any atom is -0.468 e. The minimum atomic E-state index is -1.58. The maximum Gasteiger partial charge on any atom is 0.323 e. The average molecular weight is 584 g/mol. The van der Waals surface area contributed by atoms with Crippen LogP contribution in [-0.2, 0) is 43.0 Å². The van der Waals surface area contributed by atoms with Crippen LogP contribution in [0.25, 0.3) is 0 Å². The molecule has 0 radical (unpaired) electrons. The van der Waals surface area contributed by atoms with Crippen molar-refractivity contribution in [1.29, 1.82) is 0 Å². The van der Waals surface area contributed by atoms with E-state index in [9.17, 15) is 19.2 Å². The van der Waals surface area contributed by atoms with Gasteiger partial charge in [-0.15, -0.1) is 0 Å². The number of hydrogen-bond acceptors (Lipinski definition) is 10. The summed E-state index contributed by atoms with van der Waals surface area (Å²) in [6.07, 6.45) is 3.14. The maximum absolute atomic E-state index is 13.4. The molecule has 0 N–H and O–H groups in total. The molecule has 1 heterocycles. The van der Waals surface area contributed by atoms with Gasteiger partial charge < -0.3 is 18.9 Å². The van der Waals surface area contributed by atoms with Gasteiger partial charge in [-0.25, -0.2) is 0 Å². The van der Waals surface area contributed by atoms with Crippen molar-refractivity contribution >= 4 is 23.9 Å². The molecular formula is C31H53NO9. The predicted molar refractivity (Wildman–Crippen MR) is 152 cm³/mol. The number of ether oxygens (including phenoxy) is 4. The second-order valence-electron chi connectivity index (χ2n) is 14.9. The van der Waals surface area contributed by atoms with E-state index in [0.29, 0.717) is 0 Å². The molecule has 0 bridgehead atoms. The van der Waals surface area contributed by atoms with E-state index in [1.807, 2.05) is 5.06 Å². The highest BCUT2D eigenvalue weighted by Gasteiger charge is 2.58. The third-order valence-electron chi connectivity index (χ3n) is 8.06. The van der Waals surface area contributed by atoms with Crippen LogP contribution in [0.15, 0.2) is 0 Å². The van der Waals surface area contributed by atoms with Gasteiger partial charge >= 0.3 is 23.9 Å². The van der Waals surface area contributed by atoms with Crippen molar-refractivity contribution in [2.45, 2.75) is 130 Å². The minimum absolute atomic E-state index is 0.0143. The summed E-state index contributed by atoms with van der Waals surface area (Å²) < 4.78 is 21.4. The molecule has 1 aliphatic carbocycles. The number of hydrogen-bond donors (Lipinski definition) is 0. The third-order valence-corrected chi connectivity index (χ3v) is 8.06. The standard InChI is InChI=1S/C31H53NO9/c1-27(2,3)40-23(33)22(24(34)41-28(4,5)6)16-20-17-31(25(35)37-11,26(36)38-12)18-21(20)19-39-32-29(7,8)14-13-15-30(32,9)10/h20-22H,13-19H2,1-12H3/t20-,21-/m1/s1. The fourth-order valence-electron chi connectivity index (χ4n) is 6.42. The SMILES string of the molecule is COC(=O)C1(C(=O)OC)C[C@@H](CC(C(=O)OC(C)(C)C)C(=O)OC(C)(C)C)[C@@H](CON2C(C)(C)CCCC2(C)C)C1. The number of carbonyl (C=O) groups is 4. The lowest BCUT2D eigenvalue weighted by Crippen LogP contribution is -2.58. The van der Waals surface area contributed by atoms with Gasteiger partial charge in [0.2, 0.25) is 0 Å². The molecule has 2 aliphatic rings. The van der Waals surface area contributed by atoms with Crippen LogP contribution in [0.4, 0.5) is 0 Å². The average Bonchev–Trinajstić information content (AvgIpc) is 3.17. The van der Waals surface area contributed by atoms with E-state index in [4.69, 9.17) is 23.8 Å². The number of piperidine rings is 1. The quantitative estimate of drug-likeness (QED) is 0.208. The highest BCUT2D eigenvalue weighted by Crippen LogP contribution is 2.51. The van der Waals surface area contributed by atoms with E-state index in [-0.39, 0.29) is 42.9 Å². The Bertz CT molecular complexity index is 913. The van der Waals surface area contributed by atoms with Crippen LogP contribution in [0, 0.1) is 23.2 Å². The molecule has 1 saturated heterocycles. The first-order valence-electron chi connectivity index (χ1n) is 14.6. The van der Waals surface area contributed by atoms with Crippen LogP contribution in [0.5, 0.6) is 0 Å². The Labute approximate surface area is 246 Å². The molecule has 1 aliphatic heterocycles. The van der Waals surface area contributed by atoms with E-state index in [1.54, 1.807) is 41.5 Å². The molecule has 2 fully saturated rings. The van der Waals surface area contributed by atoms with Gasteiger partial charge in [-0.1, -0.05) is 0 Å². The summed E-state index contributed by atoms with van der Waals surface area (Å²) in [5, 5.41) is 2.02. The Morgan fingerprint density at radius 1 is 0.756 bits per heavy atom. The third kappa shape index (κ3) is 8.66. The highest BCUT2D eigenvalue weighted by atomic mass is 16.7. The van der Waals surface area contributed by atoms with E-state index in [0.717, 1.165) is 19.3 Å². The Morgan fingerprint density at radius 3 is 1.56 bits per heavy atom. The van der Waals surface area contributed by atoms with Gasteiger partial charge in [-0.3, -0.25) is 24.0 Å². The van der Waals surface area contributed by atoms with Crippen LogP contribution in [0.3, 0.4) is 0 Å². The fourth-order valence-corrected chi connectivity index (χ4v) is 6.42. The van der Waals surface area contributed by atoms with Crippen LogP contribution in [-0.4, -0.2) is 72.0 Å². The second kappa shape index (κ2) is 12.6. The lowest BCUT2D eigenvalue weighted by molar-refractivity contribution is -0.287. The van der Waals surface area contributed by atoms with Gasteiger partial charge in [-0.2, -0.15) is 5.06 Å². The summed E-state index contributed by atoms with van der Waals surface area (Å²) >= 11 is 0. The molecule has 0 amide bonds. The van der Waals surface area contributed by atoms with Crippen LogP contribution in [0.2, 0.25) is 0 Å². The Kier molecular flexibility index (Phi) is 10.7. The number of rotatable bonds is 9. The number of esters is 4. The molecule has 0 aromatic heterocycles. The van der Waals surface area contributed by atoms with Crippen LogP contribution < -0.4 is 0 Å². The summed E-state index contributed by atoms with van der Waals surface area (Å²) in [5.41, 5.74) is -3.70. The molecule has 2 atom stereocenters. The van der Waals surface area contributed by atoms with Gasteiger partial charge in [0.25, 0.3) is 0 Å². The first-order valence-corrected chi connectivity index (χ1v) is 14.6. The van der Waals surface area contributed by atoms with Gasteiger partial charge in [0.15, 0.2) is 11.3 Å². The fraction of sp³-hybridized carbons (Fsp3) is 0.871. The Morgan fingerprint density at radius 2 is 1.17 bits per heavy atom. The lowest BCUT2D eigenvalue weighted by Gasteiger charge is -2.51. The smallest absolute Gasteiger partial charge is 0.323 e. The van der Waals surface area contributed by atoms with E-state index in [2.05, 4.69) is 27.7 Å². The van der Waals surface area contributed by atoms with Crippen LogP contribution in [0.1, 0.15) is 108 Å². The summed E-state index contributed by atoms with van der Waals surface area (Å²) in [4.78, 5) is 59.4. The molecule has 0 spiro atoms. The van der Waals surface area contributed by atoms with Gasteiger partial charge in [0.1, 0.15) is 11.2 Å². The number of nitrogens with zero attached hydrogens (tertiary/aromatic N) is 1. The zero-order valence-electron chi connectivity index (χ0n) is 27.3. The molecule has 0 aromatic rings. The van der Waals surface area contributed by atoms with Gasteiger partial charge in [0, 0.05) is 11.1 Å². The van der Waals surface area contributed by atoms with E-state index >= 15 is 0 Å². The van der Waals surface area contributed by atoms with Gasteiger partial charge in [0.05, 0.1) is 20.8 Å².